The molecule has 0 aromatic rings. The zero-order valence-corrected chi connectivity index (χ0v) is 18.5. The molecule has 0 aromatic heterocycles. The second kappa shape index (κ2) is 12.5. The lowest BCUT2D eigenvalue weighted by Crippen LogP contribution is -2.38. The number of hydrogen-bond donors (Lipinski definition) is 2. The highest BCUT2D eigenvalue weighted by molar-refractivity contribution is 6.12. The number of imide groups is 1. The Labute approximate surface area is 180 Å². The second-order valence-electron chi connectivity index (χ2n) is 8.97. The molecule has 0 bridgehead atoms. The molecular formula is C23H37N3O4. The summed E-state index contributed by atoms with van der Waals surface area (Å²) in [5.41, 5.74) is 0. The van der Waals surface area contributed by atoms with Gasteiger partial charge in [0.05, 0.1) is 0 Å². The van der Waals surface area contributed by atoms with Gasteiger partial charge in [0.15, 0.2) is 0 Å². The third-order valence-corrected chi connectivity index (χ3v) is 5.98. The maximum Gasteiger partial charge on any atom is 0.253 e. The molecule has 0 unspecified atom stereocenters. The standard InChI is InChI=1S/C23H37N3O4/c1-17(2)13-15-24-20(27)6-4-3-5-14-25-23(30)19-9-7-18(8-10-19)16-26-21(28)11-12-22(26)29/h11-12,17-19H,3-10,13-16H2,1-2H3,(H,24,27)(H,25,30). The topological polar surface area (TPSA) is 95.6 Å². The Morgan fingerprint density at radius 1 is 0.967 bits per heavy atom. The van der Waals surface area contributed by atoms with E-state index in [-0.39, 0.29) is 35.5 Å². The Hall–Kier alpha value is -2.18. The summed E-state index contributed by atoms with van der Waals surface area (Å²) >= 11 is 0. The lowest BCUT2D eigenvalue weighted by molar-refractivity contribution is -0.138. The normalized spacial score (nSPS) is 21.4. The Morgan fingerprint density at radius 2 is 1.63 bits per heavy atom. The van der Waals surface area contributed by atoms with Crippen LogP contribution >= 0.6 is 0 Å². The number of amides is 4. The maximum absolute atomic E-state index is 12.4. The van der Waals surface area contributed by atoms with E-state index in [4.69, 9.17) is 0 Å². The van der Waals surface area contributed by atoms with Gasteiger partial charge in [-0.1, -0.05) is 20.3 Å². The predicted molar refractivity (Wildman–Crippen MR) is 115 cm³/mol. The minimum Gasteiger partial charge on any atom is -0.356 e. The van der Waals surface area contributed by atoms with Crippen molar-refractivity contribution in [3.8, 4) is 0 Å². The lowest BCUT2D eigenvalue weighted by atomic mass is 9.81. The highest BCUT2D eigenvalue weighted by atomic mass is 16.2. The number of rotatable bonds is 12. The molecule has 30 heavy (non-hydrogen) atoms. The van der Waals surface area contributed by atoms with Crippen LogP contribution in [0.2, 0.25) is 0 Å². The molecule has 1 saturated carbocycles. The number of nitrogens with zero attached hydrogens (tertiary/aromatic N) is 1. The molecule has 2 N–H and O–H groups in total. The summed E-state index contributed by atoms with van der Waals surface area (Å²) in [6.07, 6.45) is 10.2. The largest absolute Gasteiger partial charge is 0.356 e. The molecule has 1 heterocycles. The fourth-order valence-electron chi connectivity index (χ4n) is 4.01. The molecule has 7 nitrogen and oxygen atoms in total. The first kappa shape index (κ1) is 24.1. The van der Waals surface area contributed by atoms with E-state index in [0.717, 1.165) is 57.9 Å². The third-order valence-electron chi connectivity index (χ3n) is 5.98. The fourth-order valence-corrected chi connectivity index (χ4v) is 4.01. The summed E-state index contributed by atoms with van der Waals surface area (Å²) in [4.78, 5) is 48.7. The molecule has 0 spiro atoms. The van der Waals surface area contributed by atoms with Gasteiger partial charge in [-0.25, -0.2) is 0 Å². The van der Waals surface area contributed by atoms with E-state index < -0.39 is 0 Å². The van der Waals surface area contributed by atoms with Crippen molar-refractivity contribution in [3.63, 3.8) is 0 Å². The van der Waals surface area contributed by atoms with Crippen molar-refractivity contribution < 1.29 is 19.2 Å². The summed E-state index contributed by atoms with van der Waals surface area (Å²) in [5.74, 6) is 0.671. The highest BCUT2D eigenvalue weighted by Crippen LogP contribution is 2.30. The molecule has 0 saturated heterocycles. The average molecular weight is 420 g/mol. The van der Waals surface area contributed by atoms with Crippen LogP contribution in [0.5, 0.6) is 0 Å². The first-order chi connectivity index (χ1) is 14.4. The van der Waals surface area contributed by atoms with Gasteiger partial charge in [-0.2, -0.15) is 0 Å². The molecule has 1 aliphatic heterocycles. The molecular weight excluding hydrogens is 382 g/mol. The minimum atomic E-state index is -0.229. The number of nitrogens with one attached hydrogen (secondary N) is 2. The molecule has 7 heteroatoms. The molecule has 2 aliphatic rings. The number of hydrogen-bond acceptors (Lipinski definition) is 4. The Kier molecular flexibility index (Phi) is 10.0. The molecule has 0 atom stereocenters. The number of unbranched alkanes of at least 4 members (excludes halogenated alkanes) is 2. The van der Waals surface area contributed by atoms with Gasteiger partial charge < -0.3 is 10.6 Å². The monoisotopic (exact) mass is 419 g/mol. The maximum atomic E-state index is 12.4. The number of carbonyl (C=O) groups excluding carboxylic acids is 4. The fraction of sp³-hybridized carbons (Fsp3) is 0.739. The van der Waals surface area contributed by atoms with Gasteiger partial charge in [0.2, 0.25) is 11.8 Å². The van der Waals surface area contributed by atoms with Crippen LogP contribution in [0.25, 0.3) is 0 Å². The van der Waals surface area contributed by atoms with Crippen molar-refractivity contribution in [1.82, 2.24) is 15.5 Å². The second-order valence-corrected chi connectivity index (χ2v) is 8.97. The van der Waals surface area contributed by atoms with Crippen molar-refractivity contribution in [2.24, 2.45) is 17.8 Å². The van der Waals surface area contributed by atoms with Crippen LogP contribution in [0.1, 0.15) is 71.6 Å². The van der Waals surface area contributed by atoms with Crippen molar-refractivity contribution in [1.29, 1.82) is 0 Å². The molecule has 2 rings (SSSR count). The summed E-state index contributed by atoms with van der Waals surface area (Å²) in [6.45, 7) is 6.14. The molecule has 1 aliphatic carbocycles. The highest BCUT2D eigenvalue weighted by Gasteiger charge is 2.31. The predicted octanol–water partition coefficient (Wildman–Crippen LogP) is 2.56. The number of carbonyl (C=O) groups is 4. The average Bonchev–Trinajstić information content (AvgIpc) is 3.02. The third kappa shape index (κ3) is 8.28. The zero-order chi connectivity index (χ0) is 21.9. The van der Waals surface area contributed by atoms with Crippen molar-refractivity contribution in [2.45, 2.75) is 71.6 Å². The molecule has 0 radical (unpaired) electrons. The first-order valence-corrected chi connectivity index (χ1v) is 11.4. The molecule has 4 amide bonds. The van der Waals surface area contributed by atoms with E-state index in [1.807, 2.05) is 0 Å². The lowest BCUT2D eigenvalue weighted by Gasteiger charge is -2.30. The van der Waals surface area contributed by atoms with Gasteiger partial charge in [-0.15, -0.1) is 0 Å². The van der Waals surface area contributed by atoms with Crippen LogP contribution in [-0.4, -0.2) is 48.2 Å². The van der Waals surface area contributed by atoms with E-state index in [2.05, 4.69) is 24.5 Å². The van der Waals surface area contributed by atoms with Gasteiger partial charge >= 0.3 is 0 Å². The molecule has 168 valence electrons. The van der Waals surface area contributed by atoms with Gasteiger partial charge in [-0.3, -0.25) is 24.1 Å². The van der Waals surface area contributed by atoms with E-state index in [9.17, 15) is 19.2 Å². The quantitative estimate of drug-likeness (QED) is 0.375. The van der Waals surface area contributed by atoms with E-state index in [1.54, 1.807) is 0 Å². The smallest absolute Gasteiger partial charge is 0.253 e. The van der Waals surface area contributed by atoms with Crippen molar-refractivity contribution in [2.75, 3.05) is 19.6 Å². The summed E-state index contributed by atoms with van der Waals surface area (Å²) < 4.78 is 0. The zero-order valence-electron chi connectivity index (χ0n) is 18.5. The van der Waals surface area contributed by atoms with E-state index >= 15 is 0 Å². The SMILES string of the molecule is CC(C)CCNC(=O)CCCCCNC(=O)C1CCC(CN2C(=O)C=CC2=O)CC1. The van der Waals surface area contributed by atoms with Gasteiger partial charge in [0.25, 0.3) is 11.8 Å². The summed E-state index contributed by atoms with van der Waals surface area (Å²) in [5, 5.41) is 5.97. The van der Waals surface area contributed by atoms with E-state index in [1.165, 1.54) is 17.1 Å². The molecule has 0 aromatic carbocycles. The molecule has 1 fully saturated rings. The van der Waals surface area contributed by atoms with Gasteiger partial charge in [0.1, 0.15) is 0 Å². The van der Waals surface area contributed by atoms with Crippen molar-refractivity contribution >= 4 is 23.6 Å². The van der Waals surface area contributed by atoms with Crippen LogP contribution in [0.15, 0.2) is 12.2 Å². The van der Waals surface area contributed by atoms with Gasteiger partial charge in [0, 0.05) is 44.1 Å². The Morgan fingerprint density at radius 3 is 2.27 bits per heavy atom. The van der Waals surface area contributed by atoms with Crippen LogP contribution in [0.4, 0.5) is 0 Å². The van der Waals surface area contributed by atoms with Crippen LogP contribution in [0.3, 0.4) is 0 Å². The van der Waals surface area contributed by atoms with Crippen LogP contribution < -0.4 is 10.6 Å². The van der Waals surface area contributed by atoms with Gasteiger partial charge in [-0.05, 0) is 56.8 Å². The van der Waals surface area contributed by atoms with E-state index in [0.29, 0.717) is 25.4 Å². The summed E-state index contributed by atoms with van der Waals surface area (Å²) in [6, 6.07) is 0. The van der Waals surface area contributed by atoms with Crippen LogP contribution in [-0.2, 0) is 19.2 Å². The minimum absolute atomic E-state index is 0.0242. The Balaban J connectivity index is 1.50. The first-order valence-electron chi connectivity index (χ1n) is 11.4. The Bertz CT molecular complexity index is 618. The summed E-state index contributed by atoms with van der Waals surface area (Å²) in [7, 11) is 0. The van der Waals surface area contributed by atoms with Crippen LogP contribution in [0, 0.1) is 17.8 Å². The van der Waals surface area contributed by atoms with Crippen molar-refractivity contribution in [3.05, 3.63) is 12.2 Å².